The van der Waals surface area contributed by atoms with Crippen molar-refractivity contribution in [3.8, 4) is 22.9 Å². The highest BCUT2D eigenvalue weighted by Gasteiger charge is 2.38. The number of carbonyl (C=O) groups is 2. The highest BCUT2D eigenvalue weighted by molar-refractivity contribution is 6.03. The van der Waals surface area contributed by atoms with E-state index in [0.717, 1.165) is 0 Å². The van der Waals surface area contributed by atoms with Gasteiger partial charge < -0.3 is 25.7 Å². The number of nitrogens with two attached hydrogens (primary N) is 2. The summed E-state index contributed by atoms with van der Waals surface area (Å²) in [5, 5.41) is 0.548. The molecule has 3 aromatic heterocycles. The molecule has 4 heterocycles. The van der Waals surface area contributed by atoms with Crippen LogP contribution >= 0.6 is 0 Å². The predicted molar refractivity (Wildman–Crippen MR) is 142 cm³/mol. The van der Waals surface area contributed by atoms with Gasteiger partial charge in [0.05, 0.1) is 23.9 Å². The summed E-state index contributed by atoms with van der Waals surface area (Å²) >= 11 is 0. The molecule has 1 aromatic carbocycles. The Bertz CT molecular complexity index is 1660. The topological polar surface area (TPSA) is 155 Å². The van der Waals surface area contributed by atoms with Crippen molar-refractivity contribution >= 4 is 28.7 Å². The lowest BCUT2D eigenvalue weighted by atomic mass is 9.97. The first-order chi connectivity index (χ1) is 18.5. The van der Waals surface area contributed by atoms with Crippen molar-refractivity contribution < 1.29 is 18.7 Å². The van der Waals surface area contributed by atoms with Gasteiger partial charge in [0, 0.05) is 35.3 Å². The first kappa shape index (κ1) is 25.8. The number of nitrogens with zero attached hydrogens (tertiary/aromatic N) is 6. The van der Waals surface area contributed by atoms with Gasteiger partial charge in [-0.1, -0.05) is 12.6 Å². The maximum absolute atomic E-state index is 15.4. The largest absolute Gasteiger partial charge is 0.421 e. The van der Waals surface area contributed by atoms with Gasteiger partial charge in [-0.25, -0.2) is 24.3 Å². The van der Waals surface area contributed by atoms with Gasteiger partial charge in [-0.3, -0.25) is 9.59 Å². The van der Waals surface area contributed by atoms with E-state index in [1.165, 1.54) is 24.7 Å². The summed E-state index contributed by atoms with van der Waals surface area (Å²) in [6.45, 7) is 9.80. The number of fused-ring (bicyclic) bond motifs is 3. The normalized spacial score (nSPS) is 14.2. The smallest absolute Gasteiger partial charge is 0.322 e. The first-order valence-corrected chi connectivity index (χ1v) is 12.1. The standard InChI is InChI=1S/C27H27FN8O3/c1-14(24(30)38)9-20(37)35-11-18-21(22-23(29)32-13-33-25(22)36(18)27(3,4)12-35)16-5-6-19(17(28)10-16)39-26-31-8-7-15(2)34-26/h5-8,10,13H,1,9,11-12H2,2-4H3,(H2,30,38)(H2,29,32,33). The van der Waals surface area contributed by atoms with Crippen LogP contribution in [-0.4, -0.2) is 47.8 Å². The summed E-state index contributed by atoms with van der Waals surface area (Å²) in [5.74, 6) is -1.50. The van der Waals surface area contributed by atoms with Crippen LogP contribution in [0.25, 0.3) is 22.2 Å². The minimum atomic E-state index is -0.730. The van der Waals surface area contributed by atoms with Crippen molar-refractivity contribution in [2.24, 2.45) is 5.73 Å². The maximum atomic E-state index is 15.4. The van der Waals surface area contributed by atoms with Crippen LogP contribution in [0.5, 0.6) is 11.8 Å². The van der Waals surface area contributed by atoms with Crippen LogP contribution < -0.4 is 16.2 Å². The number of ether oxygens (including phenoxy) is 1. The molecule has 11 nitrogen and oxygen atoms in total. The second-order valence-electron chi connectivity index (χ2n) is 10.0. The summed E-state index contributed by atoms with van der Waals surface area (Å²) in [4.78, 5) is 43.1. The van der Waals surface area contributed by atoms with Crippen molar-refractivity contribution in [1.82, 2.24) is 29.4 Å². The van der Waals surface area contributed by atoms with Gasteiger partial charge in [-0.15, -0.1) is 0 Å². The molecule has 4 aromatic rings. The number of primary amides is 1. The van der Waals surface area contributed by atoms with Crippen LogP contribution in [0.1, 0.15) is 31.7 Å². The number of aryl methyl sites for hydroxylation is 1. The van der Waals surface area contributed by atoms with Gasteiger partial charge in [0.1, 0.15) is 17.8 Å². The van der Waals surface area contributed by atoms with Crippen molar-refractivity contribution in [3.63, 3.8) is 0 Å². The first-order valence-electron chi connectivity index (χ1n) is 12.1. The van der Waals surface area contributed by atoms with E-state index in [1.54, 1.807) is 24.0 Å². The number of amides is 2. The van der Waals surface area contributed by atoms with Crippen molar-refractivity contribution in [2.45, 2.75) is 39.3 Å². The van der Waals surface area contributed by atoms with Crippen molar-refractivity contribution in [2.75, 3.05) is 12.3 Å². The zero-order valence-electron chi connectivity index (χ0n) is 21.7. The molecule has 0 aliphatic carbocycles. The van der Waals surface area contributed by atoms with Crippen LogP contribution in [0.2, 0.25) is 0 Å². The van der Waals surface area contributed by atoms with Crippen LogP contribution in [0.4, 0.5) is 10.2 Å². The Morgan fingerprint density at radius 1 is 1.21 bits per heavy atom. The number of hydrogen-bond donors (Lipinski definition) is 2. The van der Waals surface area contributed by atoms with E-state index in [4.69, 9.17) is 16.2 Å². The van der Waals surface area contributed by atoms with E-state index in [0.29, 0.717) is 40.1 Å². The Labute approximate surface area is 223 Å². The van der Waals surface area contributed by atoms with E-state index >= 15 is 4.39 Å². The van der Waals surface area contributed by atoms with Crippen molar-refractivity contribution in [3.05, 3.63) is 66.1 Å². The molecule has 0 radical (unpaired) electrons. The number of carbonyl (C=O) groups excluding carboxylic acids is 2. The fourth-order valence-corrected chi connectivity index (χ4v) is 4.94. The summed E-state index contributed by atoms with van der Waals surface area (Å²) in [6.07, 6.45) is 2.70. The molecule has 0 unspecified atom stereocenters. The molecule has 12 heteroatoms. The monoisotopic (exact) mass is 530 g/mol. The summed E-state index contributed by atoms with van der Waals surface area (Å²) in [7, 11) is 0. The van der Waals surface area contributed by atoms with Gasteiger partial charge in [0.2, 0.25) is 11.8 Å². The van der Waals surface area contributed by atoms with Crippen LogP contribution in [0, 0.1) is 12.7 Å². The molecule has 0 atom stereocenters. The molecule has 2 amide bonds. The molecular formula is C27H27FN8O3. The molecule has 0 bridgehead atoms. The van der Waals surface area contributed by atoms with E-state index < -0.39 is 17.3 Å². The van der Waals surface area contributed by atoms with E-state index in [1.807, 2.05) is 18.4 Å². The maximum Gasteiger partial charge on any atom is 0.322 e. The van der Waals surface area contributed by atoms with E-state index in [9.17, 15) is 9.59 Å². The Morgan fingerprint density at radius 3 is 2.67 bits per heavy atom. The highest BCUT2D eigenvalue weighted by Crippen LogP contribution is 2.43. The van der Waals surface area contributed by atoms with Crippen molar-refractivity contribution in [1.29, 1.82) is 0 Å². The summed E-state index contributed by atoms with van der Waals surface area (Å²) in [5.41, 5.74) is 14.1. The predicted octanol–water partition coefficient (Wildman–Crippen LogP) is 3.22. The number of aromatic nitrogens is 5. The van der Waals surface area contributed by atoms with Gasteiger partial charge in [-0.2, -0.15) is 0 Å². The number of hydrogen-bond acceptors (Lipinski definition) is 8. The number of nitrogen functional groups attached to an aromatic ring is 1. The fourth-order valence-electron chi connectivity index (χ4n) is 4.94. The Kier molecular flexibility index (Phi) is 6.25. The van der Waals surface area contributed by atoms with Gasteiger partial charge in [0.25, 0.3) is 0 Å². The molecule has 0 saturated heterocycles. The fraction of sp³-hybridized carbons (Fsp3) is 0.259. The second-order valence-corrected chi connectivity index (χ2v) is 10.0. The average Bonchev–Trinajstić information content (AvgIpc) is 3.21. The van der Waals surface area contributed by atoms with E-state index in [2.05, 4.69) is 26.5 Å². The van der Waals surface area contributed by atoms with Gasteiger partial charge >= 0.3 is 6.01 Å². The number of halogens is 1. The molecule has 5 rings (SSSR count). The quantitative estimate of drug-likeness (QED) is 0.360. The van der Waals surface area contributed by atoms with Gasteiger partial charge in [-0.05, 0) is 44.5 Å². The molecule has 4 N–H and O–H groups in total. The molecule has 39 heavy (non-hydrogen) atoms. The number of rotatable bonds is 6. The highest BCUT2D eigenvalue weighted by atomic mass is 19.1. The van der Waals surface area contributed by atoms with Crippen LogP contribution in [-0.2, 0) is 21.7 Å². The summed E-state index contributed by atoms with van der Waals surface area (Å²) in [6, 6.07) is 6.24. The molecule has 0 fully saturated rings. The second kappa shape index (κ2) is 9.46. The SMILES string of the molecule is C=C(CC(=O)N1Cc2c(-c3ccc(Oc4nccc(C)n4)c(F)c3)c3c(N)ncnc3n2C(C)(C)C1)C(N)=O. The minimum Gasteiger partial charge on any atom is -0.421 e. The average molecular weight is 531 g/mol. The molecule has 200 valence electrons. The summed E-state index contributed by atoms with van der Waals surface area (Å²) < 4.78 is 22.9. The minimum absolute atomic E-state index is 0.0227. The lowest BCUT2D eigenvalue weighted by molar-refractivity contribution is -0.134. The van der Waals surface area contributed by atoms with Crippen LogP contribution in [0.15, 0.2) is 48.9 Å². The van der Waals surface area contributed by atoms with E-state index in [-0.39, 0.29) is 42.0 Å². The zero-order valence-corrected chi connectivity index (χ0v) is 21.7. The third kappa shape index (κ3) is 4.65. The molecule has 1 aliphatic rings. The molecule has 0 spiro atoms. The molecule has 0 saturated carbocycles. The Balaban J connectivity index is 1.62. The van der Waals surface area contributed by atoms with Gasteiger partial charge in [0.15, 0.2) is 11.6 Å². The third-order valence-corrected chi connectivity index (χ3v) is 6.66. The van der Waals surface area contributed by atoms with Crippen LogP contribution in [0.3, 0.4) is 0 Å². The molecule has 1 aliphatic heterocycles. The third-order valence-electron chi connectivity index (χ3n) is 6.66. The zero-order chi connectivity index (χ0) is 28.1. The molecular weight excluding hydrogens is 503 g/mol. The number of benzene rings is 1. The Morgan fingerprint density at radius 2 is 1.97 bits per heavy atom. The Hall–Kier alpha value is -4.87. The lowest BCUT2D eigenvalue weighted by Crippen LogP contribution is -2.49. The lowest BCUT2D eigenvalue weighted by Gasteiger charge is -2.41. The number of anilines is 1.